The second kappa shape index (κ2) is 11.5. The molecule has 2 aromatic carbocycles. The number of halogens is 3. The standard InChI is InChI=1S/C26H32F3NO7S2/c1-25(2,3)37-24(31)15-36-23-11-7-9-20-21(23)8-5-6-10-22(20)30-16-39(34,35)19-13-17(26(27,28)29)12-18(14-19)38(4,32)33/h7,9,11-14,22,30H,5-6,8,10,15-16H2,1-4H3. The van der Waals surface area contributed by atoms with Gasteiger partial charge in [0.15, 0.2) is 26.3 Å². The molecule has 1 unspecified atom stereocenters. The van der Waals surface area contributed by atoms with Crippen molar-refractivity contribution in [1.29, 1.82) is 0 Å². The monoisotopic (exact) mass is 591 g/mol. The molecule has 39 heavy (non-hydrogen) atoms. The van der Waals surface area contributed by atoms with E-state index in [0.717, 1.165) is 30.0 Å². The summed E-state index contributed by atoms with van der Waals surface area (Å²) < 4.78 is 101. The van der Waals surface area contributed by atoms with E-state index >= 15 is 0 Å². The van der Waals surface area contributed by atoms with Crippen LogP contribution in [0.4, 0.5) is 13.2 Å². The van der Waals surface area contributed by atoms with E-state index in [1.807, 2.05) is 0 Å². The second-order valence-corrected chi connectivity index (χ2v) is 14.4. The predicted molar refractivity (Wildman–Crippen MR) is 138 cm³/mol. The van der Waals surface area contributed by atoms with Gasteiger partial charge in [-0.1, -0.05) is 18.6 Å². The molecule has 1 aliphatic carbocycles. The molecule has 1 N–H and O–H groups in total. The maximum absolute atomic E-state index is 13.4. The van der Waals surface area contributed by atoms with Crippen LogP contribution in [0.25, 0.3) is 0 Å². The third-order valence-corrected chi connectivity index (χ3v) is 8.59. The van der Waals surface area contributed by atoms with E-state index in [1.54, 1.807) is 39.0 Å². The molecule has 0 aromatic heterocycles. The zero-order valence-electron chi connectivity index (χ0n) is 22.1. The Bertz CT molecular complexity index is 1430. The van der Waals surface area contributed by atoms with Gasteiger partial charge in [0.25, 0.3) is 0 Å². The molecule has 0 amide bonds. The van der Waals surface area contributed by atoms with Gasteiger partial charge in [-0.15, -0.1) is 0 Å². The van der Waals surface area contributed by atoms with E-state index in [0.29, 0.717) is 37.0 Å². The summed E-state index contributed by atoms with van der Waals surface area (Å²) in [6, 6.07) is 6.35. The number of carbonyl (C=O) groups is 1. The number of benzene rings is 2. The molecular weight excluding hydrogens is 559 g/mol. The van der Waals surface area contributed by atoms with Crippen molar-refractivity contribution in [2.45, 2.75) is 74.1 Å². The minimum atomic E-state index is -4.94. The van der Waals surface area contributed by atoms with Gasteiger partial charge in [0, 0.05) is 12.3 Å². The Hall–Kier alpha value is -2.64. The molecule has 0 spiro atoms. The summed E-state index contributed by atoms with van der Waals surface area (Å²) >= 11 is 0. The fourth-order valence-electron chi connectivity index (χ4n) is 4.26. The highest BCUT2D eigenvalue weighted by atomic mass is 32.2. The first-order valence-electron chi connectivity index (χ1n) is 12.2. The van der Waals surface area contributed by atoms with E-state index in [2.05, 4.69) is 5.32 Å². The average molecular weight is 592 g/mol. The Balaban J connectivity index is 1.85. The summed E-state index contributed by atoms with van der Waals surface area (Å²) in [4.78, 5) is 10.6. The van der Waals surface area contributed by atoms with Gasteiger partial charge in [-0.05, 0) is 75.4 Å². The average Bonchev–Trinajstić information content (AvgIpc) is 3.01. The highest BCUT2D eigenvalue weighted by Gasteiger charge is 2.34. The van der Waals surface area contributed by atoms with Crippen LogP contribution in [0.5, 0.6) is 5.75 Å². The zero-order chi connectivity index (χ0) is 29.2. The van der Waals surface area contributed by atoms with Crippen LogP contribution >= 0.6 is 0 Å². The molecule has 0 saturated heterocycles. The van der Waals surface area contributed by atoms with Gasteiger partial charge in [0.05, 0.1) is 15.4 Å². The summed E-state index contributed by atoms with van der Waals surface area (Å²) in [5, 5.41) is 2.93. The van der Waals surface area contributed by atoms with Crippen LogP contribution in [0.2, 0.25) is 0 Å². The zero-order valence-corrected chi connectivity index (χ0v) is 23.7. The molecule has 0 heterocycles. The largest absolute Gasteiger partial charge is 0.482 e. The summed E-state index contributed by atoms with van der Waals surface area (Å²) in [6.07, 6.45) is -1.54. The number of alkyl halides is 3. The number of hydrogen-bond acceptors (Lipinski definition) is 8. The number of sulfone groups is 2. The molecule has 0 aliphatic heterocycles. The molecule has 0 fully saturated rings. The van der Waals surface area contributed by atoms with Crippen molar-refractivity contribution in [3.8, 4) is 5.75 Å². The molecule has 0 bridgehead atoms. The Kier molecular flexibility index (Phi) is 9.08. The van der Waals surface area contributed by atoms with Crippen molar-refractivity contribution < 1.29 is 44.3 Å². The van der Waals surface area contributed by atoms with Gasteiger partial charge >= 0.3 is 12.1 Å². The van der Waals surface area contributed by atoms with Crippen LogP contribution in [0.1, 0.15) is 62.8 Å². The highest BCUT2D eigenvalue weighted by Crippen LogP contribution is 2.36. The molecule has 3 rings (SSSR count). The van der Waals surface area contributed by atoms with Gasteiger partial charge < -0.3 is 9.47 Å². The molecule has 13 heteroatoms. The first-order chi connectivity index (χ1) is 17.9. The first-order valence-corrected chi connectivity index (χ1v) is 15.8. The minimum Gasteiger partial charge on any atom is -0.482 e. The SMILES string of the molecule is CC(C)(C)OC(=O)COc1cccc2c1CCCCC2NCS(=O)(=O)c1cc(C(F)(F)F)cc(S(C)(=O)=O)c1. The van der Waals surface area contributed by atoms with Gasteiger partial charge in [0.2, 0.25) is 0 Å². The lowest BCUT2D eigenvalue weighted by Crippen LogP contribution is -2.29. The molecule has 0 radical (unpaired) electrons. The lowest BCUT2D eigenvalue weighted by Gasteiger charge is -2.22. The molecule has 0 saturated carbocycles. The fraction of sp³-hybridized carbons (Fsp3) is 0.500. The number of rotatable bonds is 8. The van der Waals surface area contributed by atoms with Crippen LogP contribution < -0.4 is 10.1 Å². The number of ether oxygens (including phenoxy) is 2. The van der Waals surface area contributed by atoms with Gasteiger partial charge in [-0.25, -0.2) is 21.6 Å². The van der Waals surface area contributed by atoms with E-state index in [-0.39, 0.29) is 6.61 Å². The summed E-state index contributed by atoms with van der Waals surface area (Å²) in [5.74, 6) is -0.792. The Labute approximate surface area is 226 Å². The number of nitrogens with one attached hydrogen (secondary N) is 1. The summed E-state index contributed by atoms with van der Waals surface area (Å²) in [5.41, 5.74) is -0.483. The van der Waals surface area contributed by atoms with Gasteiger partial charge in [-0.2, -0.15) is 13.2 Å². The smallest absolute Gasteiger partial charge is 0.416 e. The van der Waals surface area contributed by atoms with Crippen molar-refractivity contribution in [3.63, 3.8) is 0 Å². The number of hydrogen-bond donors (Lipinski definition) is 1. The quantitative estimate of drug-likeness (QED) is 0.349. The van der Waals surface area contributed by atoms with Crippen molar-refractivity contribution in [2.24, 2.45) is 0 Å². The van der Waals surface area contributed by atoms with Crippen molar-refractivity contribution in [1.82, 2.24) is 5.32 Å². The van der Waals surface area contributed by atoms with Crippen LogP contribution in [-0.4, -0.2) is 47.1 Å². The molecule has 1 aliphatic rings. The Morgan fingerprint density at radius 1 is 1.03 bits per heavy atom. The fourth-order valence-corrected chi connectivity index (χ4v) is 6.22. The Morgan fingerprint density at radius 2 is 1.69 bits per heavy atom. The van der Waals surface area contributed by atoms with Gasteiger partial charge in [-0.3, -0.25) is 5.32 Å². The van der Waals surface area contributed by atoms with Gasteiger partial charge in [0.1, 0.15) is 17.2 Å². The maximum Gasteiger partial charge on any atom is 0.416 e. The first kappa shape index (κ1) is 30.9. The van der Waals surface area contributed by atoms with Crippen molar-refractivity contribution in [2.75, 3.05) is 18.7 Å². The maximum atomic E-state index is 13.4. The summed E-state index contributed by atoms with van der Waals surface area (Å²) in [7, 11) is -8.46. The lowest BCUT2D eigenvalue weighted by atomic mass is 9.98. The minimum absolute atomic E-state index is 0.307. The normalized spacial score (nSPS) is 16.7. The van der Waals surface area contributed by atoms with Crippen molar-refractivity contribution >= 4 is 25.6 Å². The van der Waals surface area contributed by atoms with E-state index in [9.17, 15) is 34.8 Å². The number of fused-ring (bicyclic) bond motifs is 1. The molecule has 1 atom stereocenters. The van der Waals surface area contributed by atoms with Crippen LogP contribution in [0.3, 0.4) is 0 Å². The van der Waals surface area contributed by atoms with E-state index in [1.165, 1.54) is 0 Å². The summed E-state index contributed by atoms with van der Waals surface area (Å²) in [6.45, 7) is 4.92. The molecule has 2 aromatic rings. The topological polar surface area (TPSA) is 116 Å². The van der Waals surface area contributed by atoms with Crippen molar-refractivity contribution in [3.05, 3.63) is 53.1 Å². The van der Waals surface area contributed by atoms with Crippen LogP contribution in [0, 0.1) is 0 Å². The van der Waals surface area contributed by atoms with Crippen LogP contribution in [0.15, 0.2) is 46.2 Å². The van der Waals surface area contributed by atoms with E-state index < -0.39 is 64.7 Å². The Morgan fingerprint density at radius 3 is 2.31 bits per heavy atom. The predicted octanol–water partition coefficient (Wildman–Crippen LogP) is 4.62. The molecule has 216 valence electrons. The third kappa shape index (κ3) is 8.42. The van der Waals surface area contributed by atoms with Crippen LogP contribution in [-0.2, 0) is 41.8 Å². The number of carbonyl (C=O) groups excluding carboxylic acids is 1. The van der Waals surface area contributed by atoms with E-state index in [4.69, 9.17) is 9.47 Å². The molecular formula is C26H32F3NO7S2. The lowest BCUT2D eigenvalue weighted by molar-refractivity contribution is -0.157. The molecule has 8 nitrogen and oxygen atoms in total. The highest BCUT2D eigenvalue weighted by molar-refractivity contribution is 7.92. The number of esters is 1. The third-order valence-electron chi connectivity index (χ3n) is 5.99. The second-order valence-electron chi connectivity index (χ2n) is 10.4.